The molecule has 3 heteroatoms. The van der Waals surface area contributed by atoms with Crippen LogP contribution in [0.1, 0.15) is 40.0 Å². The predicted octanol–water partition coefficient (Wildman–Crippen LogP) is 2.66. The van der Waals surface area contributed by atoms with E-state index in [0.717, 1.165) is 19.3 Å². The molecular formula is C12H20O3. The van der Waals surface area contributed by atoms with Gasteiger partial charge in [0.25, 0.3) is 0 Å². The number of ether oxygens (including phenoxy) is 2. The first-order valence-electron chi connectivity index (χ1n) is 5.64. The van der Waals surface area contributed by atoms with Gasteiger partial charge in [0.2, 0.25) is 0 Å². The standard InChI is InChI=1S/C12H20O3/c1-4-5-6-11-7-8-14-9(2)12(11)15-10(3)13/h7-9,11-12H,4-6H2,1-3H3/t9-,11-,12-/m0/s1. The molecule has 0 spiro atoms. The Morgan fingerprint density at radius 1 is 1.53 bits per heavy atom. The van der Waals surface area contributed by atoms with E-state index in [4.69, 9.17) is 9.47 Å². The van der Waals surface area contributed by atoms with Gasteiger partial charge in [-0.3, -0.25) is 4.79 Å². The number of hydrogen-bond donors (Lipinski definition) is 0. The zero-order valence-electron chi connectivity index (χ0n) is 9.73. The molecule has 1 aliphatic rings. The number of carbonyl (C=O) groups excluding carboxylic acids is 1. The van der Waals surface area contributed by atoms with E-state index in [-0.39, 0.29) is 18.2 Å². The first kappa shape index (κ1) is 12.1. The summed E-state index contributed by atoms with van der Waals surface area (Å²) in [6.07, 6.45) is 6.93. The Hall–Kier alpha value is -0.990. The van der Waals surface area contributed by atoms with Crippen molar-refractivity contribution in [3.05, 3.63) is 12.3 Å². The Balaban J connectivity index is 2.58. The van der Waals surface area contributed by atoms with E-state index in [1.165, 1.54) is 6.92 Å². The lowest BCUT2D eigenvalue weighted by molar-refractivity contribution is -0.156. The highest BCUT2D eigenvalue weighted by Crippen LogP contribution is 2.25. The van der Waals surface area contributed by atoms with Gasteiger partial charge < -0.3 is 9.47 Å². The lowest BCUT2D eigenvalue weighted by Gasteiger charge is -2.32. The molecule has 0 aromatic rings. The van der Waals surface area contributed by atoms with Crippen molar-refractivity contribution in [2.45, 2.75) is 52.2 Å². The summed E-state index contributed by atoms with van der Waals surface area (Å²) in [5, 5.41) is 0. The first-order valence-corrected chi connectivity index (χ1v) is 5.64. The van der Waals surface area contributed by atoms with Gasteiger partial charge in [-0.15, -0.1) is 0 Å². The summed E-state index contributed by atoms with van der Waals surface area (Å²) in [5.41, 5.74) is 0. The monoisotopic (exact) mass is 212 g/mol. The fraction of sp³-hybridized carbons (Fsp3) is 0.750. The lowest BCUT2D eigenvalue weighted by atomic mass is 9.91. The number of hydrogen-bond acceptors (Lipinski definition) is 3. The van der Waals surface area contributed by atoms with Gasteiger partial charge in [0, 0.05) is 12.8 Å². The zero-order chi connectivity index (χ0) is 11.3. The van der Waals surface area contributed by atoms with Gasteiger partial charge in [-0.2, -0.15) is 0 Å². The molecule has 0 aromatic heterocycles. The highest BCUT2D eigenvalue weighted by molar-refractivity contribution is 5.66. The van der Waals surface area contributed by atoms with Crippen LogP contribution in [0.2, 0.25) is 0 Å². The van der Waals surface area contributed by atoms with Crippen LogP contribution in [0.5, 0.6) is 0 Å². The molecule has 0 N–H and O–H groups in total. The lowest BCUT2D eigenvalue weighted by Crippen LogP contribution is -2.38. The Kier molecular flexibility index (Phi) is 4.66. The van der Waals surface area contributed by atoms with Crippen LogP contribution in [-0.2, 0) is 14.3 Å². The molecule has 0 fully saturated rings. The van der Waals surface area contributed by atoms with Gasteiger partial charge in [-0.1, -0.05) is 19.8 Å². The normalized spacial score (nSPS) is 29.7. The third-order valence-electron chi connectivity index (χ3n) is 2.70. The fourth-order valence-electron chi connectivity index (χ4n) is 1.88. The van der Waals surface area contributed by atoms with E-state index in [1.807, 2.05) is 13.0 Å². The molecule has 1 heterocycles. The van der Waals surface area contributed by atoms with Crippen molar-refractivity contribution in [3.8, 4) is 0 Å². The highest BCUT2D eigenvalue weighted by Gasteiger charge is 2.31. The van der Waals surface area contributed by atoms with E-state index < -0.39 is 0 Å². The van der Waals surface area contributed by atoms with E-state index in [0.29, 0.717) is 5.92 Å². The number of esters is 1. The summed E-state index contributed by atoms with van der Waals surface area (Å²) in [6, 6.07) is 0. The SMILES string of the molecule is CCCC[C@H]1C=CO[C@@H](C)[C@@H]1OC(C)=O. The minimum atomic E-state index is -0.229. The van der Waals surface area contributed by atoms with Crippen LogP contribution in [0.3, 0.4) is 0 Å². The second-order valence-corrected chi connectivity index (χ2v) is 4.05. The van der Waals surface area contributed by atoms with Gasteiger partial charge in [-0.25, -0.2) is 0 Å². The quantitative estimate of drug-likeness (QED) is 0.672. The second-order valence-electron chi connectivity index (χ2n) is 4.05. The summed E-state index contributed by atoms with van der Waals surface area (Å²) < 4.78 is 10.6. The molecule has 0 aliphatic carbocycles. The van der Waals surface area contributed by atoms with Gasteiger partial charge in [0.05, 0.1) is 6.26 Å². The molecule has 86 valence electrons. The zero-order valence-corrected chi connectivity index (χ0v) is 9.73. The molecular weight excluding hydrogens is 192 g/mol. The molecule has 0 bridgehead atoms. The molecule has 15 heavy (non-hydrogen) atoms. The van der Waals surface area contributed by atoms with Crippen LogP contribution in [-0.4, -0.2) is 18.2 Å². The molecule has 0 unspecified atom stereocenters. The van der Waals surface area contributed by atoms with Crippen molar-refractivity contribution in [1.29, 1.82) is 0 Å². The summed E-state index contributed by atoms with van der Waals surface area (Å²) in [7, 11) is 0. The van der Waals surface area contributed by atoms with Crippen molar-refractivity contribution in [2.75, 3.05) is 0 Å². The van der Waals surface area contributed by atoms with Crippen molar-refractivity contribution in [3.63, 3.8) is 0 Å². The number of rotatable bonds is 4. The topological polar surface area (TPSA) is 35.5 Å². The van der Waals surface area contributed by atoms with E-state index in [1.54, 1.807) is 6.26 Å². The Morgan fingerprint density at radius 2 is 2.27 bits per heavy atom. The molecule has 0 radical (unpaired) electrons. The average Bonchev–Trinajstić information content (AvgIpc) is 2.18. The van der Waals surface area contributed by atoms with Crippen LogP contribution in [0.25, 0.3) is 0 Å². The molecule has 0 saturated carbocycles. The van der Waals surface area contributed by atoms with Crippen LogP contribution in [0.15, 0.2) is 12.3 Å². The Morgan fingerprint density at radius 3 is 2.87 bits per heavy atom. The van der Waals surface area contributed by atoms with Crippen LogP contribution < -0.4 is 0 Å². The third-order valence-corrected chi connectivity index (χ3v) is 2.70. The Labute approximate surface area is 91.4 Å². The first-order chi connectivity index (χ1) is 7.15. The van der Waals surface area contributed by atoms with Crippen molar-refractivity contribution in [1.82, 2.24) is 0 Å². The molecule has 1 aliphatic heterocycles. The van der Waals surface area contributed by atoms with Gasteiger partial charge in [0.15, 0.2) is 0 Å². The molecule has 3 atom stereocenters. The second kappa shape index (κ2) is 5.79. The molecule has 0 aromatic carbocycles. The minimum Gasteiger partial charge on any atom is -0.495 e. The highest BCUT2D eigenvalue weighted by atomic mass is 16.6. The number of unbranched alkanes of at least 4 members (excludes halogenated alkanes) is 1. The number of carbonyl (C=O) groups is 1. The predicted molar refractivity (Wildman–Crippen MR) is 58.3 cm³/mol. The minimum absolute atomic E-state index is 0.0410. The molecule has 0 saturated heterocycles. The third kappa shape index (κ3) is 3.57. The van der Waals surface area contributed by atoms with Crippen LogP contribution in [0.4, 0.5) is 0 Å². The fourth-order valence-corrected chi connectivity index (χ4v) is 1.88. The summed E-state index contributed by atoms with van der Waals surface area (Å²) in [6.45, 7) is 5.55. The van der Waals surface area contributed by atoms with Crippen molar-refractivity contribution >= 4 is 5.97 Å². The van der Waals surface area contributed by atoms with Crippen molar-refractivity contribution < 1.29 is 14.3 Å². The summed E-state index contributed by atoms with van der Waals surface area (Å²) >= 11 is 0. The van der Waals surface area contributed by atoms with E-state index in [2.05, 4.69) is 6.92 Å². The van der Waals surface area contributed by atoms with Gasteiger partial charge in [-0.05, 0) is 19.4 Å². The molecule has 1 rings (SSSR count). The van der Waals surface area contributed by atoms with Crippen LogP contribution in [0, 0.1) is 5.92 Å². The van der Waals surface area contributed by atoms with Crippen LogP contribution >= 0.6 is 0 Å². The molecule has 0 amide bonds. The summed E-state index contributed by atoms with van der Waals surface area (Å²) in [4.78, 5) is 11.0. The van der Waals surface area contributed by atoms with Gasteiger partial charge in [0.1, 0.15) is 12.2 Å². The maximum absolute atomic E-state index is 11.0. The average molecular weight is 212 g/mol. The smallest absolute Gasteiger partial charge is 0.303 e. The maximum Gasteiger partial charge on any atom is 0.303 e. The van der Waals surface area contributed by atoms with Gasteiger partial charge >= 0.3 is 5.97 Å². The Bertz CT molecular complexity index is 235. The molecule has 3 nitrogen and oxygen atoms in total. The van der Waals surface area contributed by atoms with E-state index >= 15 is 0 Å². The largest absolute Gasteiger partial charge is 0.495 e. The van der Waals surface area contributed by atoms with E-state index in [9.17, 15) is 4.79 Å². The summed E-state index contributed by atoms with van der Waals surface area (Å²) in [5.74, 6) is 0.0739. The maximum atomic E-state index is 11.0. The van der Waals surface area contributed by atoms with Crippen molar-refractivity contribution in [2.24, 2.45) is 5.92 Å².